The van der Waals surface area contributed by atoms with Crippen molar-refractivity contribution >= 4 is 66.7 Å². The highest BCUT2D eigenvalue weighted by Gasteiger charge is 2.17. The third kappa shape index (κ3) is 3.63. The molecule has 0 aliphatic rings. The molecule has 1 amide bonds. The zero-order valence-corrected chi connectivity index (χ0v) is 14.8. The van der Waals surface area contributed by atoms with Crippen LogP contribution in [0.1, 0.15) is 10.4 Å². The molecule has 0 aliphatic heterocycles. The summed E-state index contributed by atoms with van der Waals surface area (Å²) in [7, 11) is 0. The van der Waals surface area contributed by atoms with Gasteiger partial charge in [0.25, 0.3) is 5.91 Å². The van der Waals surface area contributed by atoms with Crippen LogP contribution in [0.4, 0.5) is 5.69 Å². The second-order valence-corrected chi connectivity index (χ2v) is 6.64. The van der Waals surface area contributed by atoms with Crippen LogP contribution in [-0.4, -0.2) is 16.1 Å². The van der Waals surface area contributed by atoms with Gasteiger partial charge >= 0.3 is 0 Å². The quantitative estimate of drug-likeness (QED) is 0.546. The first-order valence-corrected chi connectivity index (χ1v) is 7.81. The monoisotopic (exact) mass is 453 g/mol. The average Bonchev–Trinajstić information content (AvgIpc) is 2.39. The summed E-state index contributed by atoms with van der Waals surface area (Å²) in [6.45, 7) is 0. The Balaban J connectivity index is 2.39. The first kappa shape index (κ1) is 16.4. The molecule has 0 aromatic heterocycles. The number of hydrogen-bond donors (Lipinski definition) is 3. The maximum atomic E-state index is 12.2. The minimum atomic E-state index is -0.622. The lowest BCUT2D eigenvalue weighted by Crippen LogP contribution is -2.12. The van der Waals surface area contributed by atoms with Gasteiger partial charge in [0, 0.05) is 9.50 Å². The molecule has 110 valence electrons. The van der Waals surface area contributed by atoms with Gasteiger partial charge in [-0.15, -0.1) is 0 Å². The molecular weight excluding hydrogens is 449 g/mol. The Morgan fingerprint density at radius 2 is 1.71 bits per heavy atom. The third-order valence-electron chi connectivity index (χ3n) is 2.55. The molecule has 21 heavy (non-hydrogen) atoms. The fraction of sp³-hybridized carbons (Fsp3) is 0. The number of carbonyl (C=O) groups excluding carboxylic acids is 1. The van der Waals surface area contributed by atoms with Crippen LogP contribution in [0.2, 0.25) is 10.0 Å². The van der Waals surface area contributed by atoms with Crippen LogP contribution in [0.5, 0.6) is 11.5 Å². The highest BCUT2D eigenvalue weighted by molar-refractivity contribution is 9.11. The summed E-state index contributed by atoms with van der Waals surface area (Å²) in [6.07, 6.45) is 0. The largest absolute Gasteiger partial charge is 0.506 e. The van der Waals surface area contributed by atoms with Crippen molar-refractivity contribution in [1.29, 1.82) is 0 Å². The van der Waals surface area contributed by atoms with Gasteiger partial charge in [-0.25, -0.2) is 0 Å². The van der Waals surface area contributed by atoms with E-state index in [1.54, 1.807) is 6.07 Å². The van der Waals surface area contributed by atoms with Crippen LogP contribution in [0, 0.1) is 0 Å². The maximum Gasteiger partial charge on any atom is 0.259 e. The molecule has 0 heterocycles. The molecule has 0 radical (unpaired) electrons. The van der Waals surface area contributed by atoms with Crippen LogP contribution >= 0.6 is 55.1 Å². The number of phenolic OH excluding ortho intramolecular Hbond substituents is 2. The van der Waals surface area contributed by atoms with Crippen LogP contribution < -0.4 is 5.32 Å². The van der Waals surface area contributed by atoms with Crippen molar-refractivity contribution in [1.82, 2.24) is 0 Å². The number of amides is 1. The molecule has 8 heteroatoms. The standard InChI is InChI=1S/C13H7Br2Cl2NO3/c14-5-1-7(11(19)8(15)2-5)13(21)18-10-4-6(16)3-9(17)12(10)20/h1-4,19-20H,(H,18,21). The topological polar surface area (TPSA) is 69.6 Å². The fourth-order valence-electron chi connectivity index (χ4n) is 1.59. The van der Waals surface area contributed by atoms with Crippen molar-refractivity contribution in [2.75, 3.05) is 5.32 Å². The van der Waals surface area contributed by atoms with Crippen molar-refractivity contribution in [2.24, 2.45) is 0 Å². The molecule has 4 nitrogen and oxygen atoms in total. The van der Waals surface area contributed by atoms with Crippen LogP contribution in [0.25, 0.3) is 0 Å². The number of rotatable bonds is 2. The van der Waals surface area contributed by atoms with E-state index in [2.05, 4.69) is 37.2 Å². The number of phenols is 2. The molecule has 0 spiro atoms. The summed E-state index contributed by atoms with van der Waals surface area (Å²) in [5, 5.41) is 22.4. The van der Waals surface area contributed by atoms with Gasteiger partial charge in [0.15, 0.2) is 5.75 Å². The lowest BCUT2D eigenvalue weighted by Gasteiger charge is -2.11. The van der Waals surface area contributed by atoms with Crippen LogP contribution in [-0.2, 0) is 0 Å². The molecule has 0 fully saturated rings. The van der Waals surface area contributed by atoms with E-state index < -0.39 is 5.91 Å². The number of nitrogens with one attached hydrogen (secondary N) is 1. The molecule has 2 rings (SSSR count). The second kappa shape index (κ2) is 6.44. The van der Waals surface area contributed by atoms with E-state index in [1.807, 2.05) is 0 Å². The highest BCUT2D eigenvalue weighted by Crippen LogP contribution is 2.36. The minimum absolute atomic E-state index is 0.0115. The lowest BCUT2D eigenvalue weighted by atomic mass is 10.2. The van der Waals surface area contributed by atoms with E-state index in [0.29, 0.717) is 8.95 Å². The Kier molecular flexibility index (Phi) is 5.03. The van der Waals surface area contributed by atoms with Gasteiger partial charge in [-0.2, -0.15) is 0 Å². The molecule has 0 aliphatic carbocycles. The number of hydrogen-bond acceptors (Lipinski definition) is 3. The molecule has 0 saturated carbocycles. The van der Waals surface area contributed by atoms with Gasteiger partial charge < -0.3 is 15.5 Å². The normalized spacial score (nSPS) is 10.5. The van der Waals surface area contributed by atoms with E-state index in [-0.39, 0.29) is 32.8 Å². The predicted molar refractivity (Wildman–Crippen MR) is 89.6 cm³/mol. The number of anilines is 1. The first-order chi connectivity index (χ1) is 9.79. The van der Waals surface area contributed by atoms with Gasteiger partial charge in [-0.05, 0) is 40.2 Å². The smallest absolute Gasteiger partial charge is 0.259 e. The van der Waals surface area contributed by atoms with Crippen molar-refractivity contribution in [3.8, 4) is 11.5 Å². The Labute approximate surface area is 146 Å². The van der Waals surface area contributed by atoms with Gasteiger partial charge in [0.2, 0.25) is 0 Å². The number of benzene rings is 2. The Bertz CT molecular complexity index is 738. The molecule has 2 aromatic carbocycles. The molecular formula is C13H7Br2Cl2NO3. The van der Waals surface area contributed by atoms with Gasteiger partial charge in [0.1, 0.15) is 5.75 Å². The summed E-state index contributed by atoms with van der Waals surface area (Å²) in [4.78, 5) is 12.2. The SMILES string of the molecule is O=C(Nc1cc(Cl)cc(Cl)c1O)c1cc(Br)cc(Br)c1O. The average molecular weight is 456 g/mol. The van der Waals surface area contributed by atoms with Crippen LogP contribution in [0.15, 0.2) is 33.2 Å². The Hall–Kier alpha value is -0.950. The molecule has 2 aromatic rings. The lowest BCUT2D eigenvalue weighted by molar-refractivity contribution is 0.102. The Morgan fingerprint density at radius 3 is 2.38 bits per heavy atom. The summed E-state index contributed by atoms with van der Waals surface area (Å²) in [5.41, 5.74) is 0.0692. The van der Waals surface area contributed by atoms with Crippen molar-refractivity contribution in [3.63, 3.8) is 0 Å². The number of halogens is 4. The highest BCUT2D eigenvalue weighted by atomic mass is 79.9. The number of aromatic hydroxyl groups is 2. The van der Waals surface area contributed by atoms with E-state index >= 15 is 0 Å². The molecule has 0 bridgehead atoms. The molecule has 3 N–H and O–H groups in total. The van der Waals surface area contributed by atoms with E-state index in [1.165, 1.54) is 18.2 Å². The van der Waals surface area contributed by atoms with E-state index in [4.69, 9.17) is 23.2 Å². The molecule has 0 unspecified atom stereocenters. The van der Waals surface area contributed by atoms with Crippen molar-refractivity contribution in [2.45, 2.75) is 0 Å². The summed E-state index contributed by atoms with van der Waals surface area (Å²) in [5.74, 6) is -1.14. The zero-order chi connectivity index (χ0) is 15.7. The summed E-state index contributed by atoms with van der Waals surface area (Å²) in [6, 6.07) is 5.74. The molecule has 0 atom stereocenters. The van der Waals surface area contributed by atoms with Crippen molar-refractivity contribution in [3.05, 3.63) is 48.8 Å². The van der Waals surface area contributed by atoms with Crippen molar-refractivity contribution < 1.29 is 15.0 Å². The third-order valence-corrected chi connectivity index (χ3v) is 4.12. The van der Waals surface area contributed by atoms with Gasteiger partial charge in [0.05, 0.1) is 20.7 Å². The van der Waals surface area contributed by atoms with E-state index in [9.17, 15) is 15.0 Å². The fourth-order valence-corrected chi connectivity index (χ4v) is 3.31. The maximum absolute atomic E-state index is 12.2. The van der Waals surface area contributed by atoms with Gasteiger partial charge in [-0.3, -0.25) is 4.79 Å². The number of carbonyl (C=O) groups is 1. The Morgan fingerprint density at radius 1 is 1.05 bits per heavy atom. The molecule has 0 saturated heterocycles. The summed E-state index contributed by atoms with van der Waals surface area (Å²) < 4.78 is 0.959. The minimum Gasteiger partial charge on any atom is -0.506 e. The van der Waals surface area contributed by atoms with Crippen LogP contribution in [0.3, 0.4) is 0 Å². The zero-order valence-electron chi connectivity index (χ0n) is 10.1. The van der Waals surface area contributed by atoms with Gasteiger partial charge in [-0.1, -0.05) is 39.1 Å². The second-order valence-electron chi connectivity index (χ2n) is 4.02. The van der Waals surface area contributed by atoms with E-state index in [0.717, 1.165) is 0 Å². The predicted octanol–water partition coefficient (Wildman–Crippen LogP) is 5.18. The summed E-state index contributed by atoms with van der Waals surface area (Å²) >= 11 is 18.0. The first-order valence-electron chi connectivity index (χ1n) is 5.47.